The maximum atomic E-state index is 12.8. The van der Waals surface area contributed by atoms with E-state index in [1.54, 1.807) is 6.07 Å². The van der Waals surface area contributed by atoms with Crippen molar-refractivity contribution >= 4 is 28.8 Å². The van der Waals surface area contributed by atoms with Crippen LogP contribution in [0.3, 0.4) is 0 Å². The summed E-state index contributed by atoms with van der Waals surface area (Å²) in [5.41, 5.74) is 0.963. The molecule has 66 valence electrons. The first-order chi connectivity index (χ1) is 6.22. The van der Waals surface area contributed by atoms with Gasteiger partial charge in [0.1, 0.15) is 11.0 Å². The Kier molecular flexibility index (Phi) is 1.81. The predicted molar refractivity (Wildman–Crippen MR) is 48.7 cm³/mol. The number of aromatic amines is 1. The Morgan fingerprint density at radius 3 is 2.92 bits per heavy atom. The van der Waals surface area contributed by atoms with E-state index < -0.39 is 0 Å². The quantitative estimate of drug-likeness (QED) is 0.701. The van der Waals surface area contributed by atoms with Crippen LogP contribution < -0.4 is 0 Å². The van der Waals surface area contributed by atoms with Crippen LogP contribution in [0.4, 0.5) is 4.39 Å². The standard InChI is InChI=1S/C9H5ClFNO/c10-9-7(4-13)6-3-5(11)1-2-8(6)12-9/h1-4,12H. The van der Waals surface area contributed by atoms with Crippen molar-refractivity contribution in [2.75, 3.05) is 0 Å². The first kappa shape index (κ1) is 8.26. The lowest BCUT2D eigenvalue weighted by molar-refractivity contribution is 0.112. The van der Waals surface area contributed by atoms with Crippen molar-refractivity contribution in [2.24, 2.45) is 0 Å². The van der Waals surface area contributed by atoms with Gasteiger partial charge < -0.3 is 4.98 Å². The number of aldehydes is 1. The number of nitrogens with one attached hydrogen (secondary N) is 1. The van der Waals surface area contributed by atoms with Crippen molar-refractivity contribution in [2.45, 2.75) is 0 Å². The van der Waals surface area contributed by atoms with E-state index in [-0.39, 0.29) is 11.0 Å². The largest absolute Gasteiger partial charge is 0.345 e. The van der Waals surface area contributed by atoms with E-state index in [4.69, 9.17) is 11.6 Å². The van der Waals surface area contributed by atoms with Crippen LogP contribution in [0.15, 0.2) is 18.2 Å². The molecule has 2 nitrogen and oxygen atoms in total. The normalized spacial score (nSPS) is 10.6. The molecule has 0 amide bonds. The van der Waals surface area contributed by atoms with Crippen molar-refractivity contribution in [1.82, 2.24) is 4.98 Å². The maximum Gasteiger partial charge on any atom is 0.153 e. The van der Waals surface area contributed by atoms with Gasteiger partial charge in [-0.05, 0) is 18.2 Å². The second-order valence-electron chi connectivity index (χ2n) is 2.66. The summed E-state index contributed by atoms with van der Waals surface area (Å²) in [4.78, 5) is 13.4. The first-order valence-corrected chi connectivity index (χ1v) is 4.02. The number of halogens is 2. The molecule has 0 atom stereocenters. The molecular weight excluding hydrogens is 193 g/mol. The Bertz CT molecular complexity index is 478. The second-order valence-corrected chi connectivity index (χ2v) is 3.04. The average Bonchev–Trinajstić information content (AvgIpc) is 2.40. The second kappa shape index (κ2) is 2.85. The molecule has 0 bridgehead atoms. The molecule has 0 radical (unpaired) electrons. The SMILES string of the molecule is O=Cc1c(Cl)[nH]c2ccc(F)cc12. The molecule has 0 aliphatic carbocycles. The van der Waals surface area contributed by atoms with Crippen molar-refractivity contribution in [3.63, 3.8) is 0 Å². The highest BCUT2D eigenvalue weighted by Gasteiger charge is 2.08. The minimum atomic E-state index is -0.383. The fourth-order valence-corrected chi connectivity index (χ4v) is 1.52. The van der Waals surface area contributed by atoms with E-state index in [0.29, 0.717) is 22.8 Å². The molecule has 1 heterocycles. The molecule has 13 heavy (non-hydrogen) atoms. The number of H-pyrrole nitrogens is 1. The molecule has 4 heteroatoms. The van der Waals surface area contributed by atoms with Crippen LogP contribution in [0.2, 0.25) is 5.15 Å². The van der Waals surface area contributed by atoms with Gasteiger partial charge in [-0.15, -0.1) is 0 Å². The van der Waals surface area contributed by atoms with Crippen LogP contribution in [-0.4, -0.2) is 11.3 Å². The van der Waals surface area contributed by atoms with Gasteiger partial charge in [0, 0.05) is 10.9 Å². The van der Waals surface area contributed by atoms with Gasteiger partial charge in [-0.3, -0.25) is 4.79 Å². The molecule has 1 aromatic heterocycles. The third kappa shape index (κ3) is 1.21. The summed E-state index contributed by atoms with van der Waals surface area (Å²) in [6, 6.07) is 4.13. The van der Waals surface area contributed by atoms with Crippen molar-refractivity contribution in [3.05, 3.63) is 34.7 Å². The Balaban J connectivity index is 2.88. The van der Waals surface area contributed by atoms with E-state index in [1.807, 2.05) is 0 Å². The number of benzene rings is 1. The molecule has 2 aromatic rings. The van der Waals surface area contributed by atoms with Crippen LogP contribution in [0.1, 0.15) is 10.4 Å². The highest BCUT2D eigenvalue weighted by atomic mass is 35.5. The summed E-state index contributed by atoms with van der Waals surface area (Å²) in [7, 11) is 0. The topological polar surface area (TPSA) is 32.9 Å². The summed E-state index contributed by atoms with van der Waals surface area (Å²) >= 11 is 5.71. The van der Waals surface area contributed by atoms with E-state index in [1.165, 1.54) is 12.1 Å². The number of hydrogen-bond donors (Lipinski definition) is 1. The maximum absolute atomic E-state index is 12.8. The van der Waals surface area contributed by atoms with Crippen LogP contribution in [0.25, 0.3) is 10.9 Å². The lowest BCUT2D eigenvalue weighted by atomic mass is 10.2. The highest BCUT2D eigenvalue weighted by Crippen LogP contribution is 2.24. The van der Waals surface area contributed by atoms with Gasteiger partial charge in [0.25, 0.3) is 0 Å². The molecule has 0 aliphatic heterocycles. The number of hydrogen-bond acceptors (Lipinski definition) is 1. The zero-order valence-electron chi connectivity index (χ0n) is 6.47. The monoisotopic (exact) mass is 197 g/mol. The molecule has 2 rings (SSSR count). The number of fused-ring (bicyclic) bond motifs is 1. The number of aromatic nitrogens is 1. The summed E-state index contributed by atoms with van der Waals surface area (Å²) in [6.07, 6.45) is 0.612. The minimum Gasteiger partial charge on any atom is -0.345 e. The molecular formula is C9H5ClFNO. The number of rotatable bonds is 1. The smallest absolute Gasteiger partial charge is 0.153 e. The third-order valence-electron chi connectivity index (χ3n) is 1.87. The zero-order chi connectivity index (χ0) is 9.42. The minimum absolute atomic E-state index is 0.246. The molecule has 1 aromatic carbocycles. The zero-order valence-corrected chi connectivity index (χ0v) is 7.23. The van der Waals surface area contributed by atoms with Gasteiger partial charge in [0.15, 0.2) is 6.29 Å². The van der Waals surface area contributed by atoms with Gasteiger partial charge in [0.2, 0.25) is 0 Å². The third-order valence-corrected chi connectivity index (χ3v) is 2.17. The molecule has 0 saturated carbocycles. The van der Waals surface area contributed by atoms with E-state index in [2.05, 4.69) is 4.98 Å². The summed E-state index contributed by atoms with van der Waals surface area (Å²) in [6.45, 7) is 0. The van der Waals surface area contributed by atoms with Crippen molar-refractivity contribution < 1.29 is 9.18 Å². The number of carbonyl (C=O) groups is 1. The first-order valence-electron chi connectivity index (χ1n) is 3.64. The van der Waals surface area contributed by atoms with Gasteiger partial charge in [0.05, 0.1) is 5.56 Å². The summed E-state index contributed by atoms with van der Waals surface area (Å²) < 4.78 is 12.8. The van der Waals surface area contributed by atoms with Crippen LogP contribution in [0, 0.1) is 5.82 Å². The van der Waals surface area contributed by atoms with Gasteiger partial charge >= 0.3 is 0 Å². The van der Waals surface area contributed by atoms with Gasteiger partial charge in [-0.25, -0.2) is 4.39 Å². The Morgan fingerprint density at radius 1 is 1.46 bits per heavy atom. The molecule has 0 aliphatic rings. The van der Waals surface area contributed by atoms with Crippen LogP contribution in [-0.2, 0) is 0 Å². The van der Waals surface area contributed by atoms with Crippen LogP contribution in [0.5, 0.6) is 0 Å². The molecule has 0 saturated heterocycles. The molecule has 0 spiro atoms. The Hall–Kier alpha value is -1.35. The predicted octanol–water partition coefficient (Wildman–Crippen LogP) is 2.77. The fourth-order valence-electron chi connectivity index (χ4n) is 1.27. The van der Waals surface area contributed by atoms with E-state index in [0.717, 1.165) is 0 Å². The molecule has 0 unspecified atom stereocenters. The summed E-state index contributed by atoms with van der Waals surface area (Å²) in [5.74, 6) is -0.383. The highest BCUT2D eigenvalue weighted by molar-refractivity contribution is 6.34. The van der Waals surface area contributed by atoms with Crippen molar-refractivity contribution in [1.29, 1.82) is 0 Å². The molecule has 0 fully saturated rings. The lowest BCUT2D eigenvalue weighted by Crippen LogP contribution is -1.77. The Labute approximate surface area is 78.3 Å². The average molecular weight is 198 g/mol. The number of carbonyl (C=O) groups excluding carboxylic acids is 1. The summed E-state index contributed by atoms with van der Waals surface area (Å²) in [5, 5.41) is 0.760. The van der Waals surface area contributed by atoms with Crippen LogP contribution >= 0.6 is 11.6 Å². The van der Waals surface area contributed by atoms with E-state index >= 15 is 0 Å². The van der Waals surface area contributed by atoms with Gasteiger partial charge in [-0.1, -0.05) is 11.6 Å². The fraction of sp³-hybridized carbons (Fsp3) is 0. The van der Waals surface area contributed by atoms with E-state index in [9.17, 15) is 9.18 Å². The van der Waals surface area contributed by atoms with Gasteiger partial charge in [-0.2, -0.15) is 0 Å². The Morgan fingerprint density at radius 2 is 2.23 bits per heavy atom. The molecule has 1 N–H and O–H groups in total. The van der Waals surface area contributed by atoms with Crippen molar-refractivity contribution in [3.8, 4) is 0 Å². The lowest BCUT2D eigenvalue weighted by Gasteiger charge is -1.89.